The number of hydrogen-bond acceptors (Lipinski definition) is 2. The summed E-state index contributed by atoms with van der Waals surface area (Å²) in [5.74, 6) is -0.191. The Kier molecular flexibility index (Phi) is 3.92. The fourth-order valence-electron chi connectivity index (χ4n) is 1.84. The van der Waals surface area contributed by atoms with Gasteiger partial charge < -0.3 is 5.73 Å². The molecule has 17 heavy (non-hydrogen) atoms. The molecule has 0 fully saturated rings. The summed E-state index contributed by atoms with van der Waals surface area (Å²) < 4.78 is 13.7. The molecule has 0 spiro atoms. The molecule has 90 valence electrons. The molecular weight excluding hydrogens is 233 g/mol. The maximum Gasteiger partial charge on any atom is 0.128 e. The Bertz CT molecular complexity index is 479. The molecule has 0 saturated heterocycles. The highest BCUT2D eigenvalue weighted by atomic mass is 32.1. The van der Waals surface area contributed by atoms with Gasteiger partial charge in [0.25, 0.3) is 0 Å². The summed E-state index contributed by atoms with van der Waals surface area (Å²) in [6, 6.07) is 9.13. The first-order valence-corrected chi connectivity index (χ1v) is 6.59. The van der Waals surface area contributed by atoms with E-state index in [9.17, 15) is 4.39 Å². The van der Waals surface area contributed by atoms with Gasteiger partial charge >= 0.3 is 0 Å². The minimum Gasteiger partial charge on any atom is -0.324 e. The molecule has 1 heterocycles. The predicted molar refractivity (Wildman–Crippen MR) is 70.7 cm³/mol. The van der Waals surface area contributed by atoms with Gasteiger partial charge in [-0.3, -0.25) is 0 Å². The minimum atomic E-state index is -0.224. The standard InChI is InChI=1S/C14H16FNS/c1-10-4-6-12(13(15)9-10)14(16)7-5-11-3-2-8-17-11/h2-4,6,8-9,14H,5,7,16H2,1H3. The zero-order chi connectivity index (χ0) is 12.3. The summed E-state index contributed by atoms with van der Waals surface area (Å²) in [5, 5.41) is 2.05. The highest BCUT2D eigenvalue weighted by Gasteiger charge is 2.11. The lowest BCUT2D eigenvalue weighted by atomic mass is 10.0. The molecule has 2 rings (SSSR count). The van der Waals surface area contributed by atoms with Gasteiger partial charge in [0.2, 0.25) is 0 Å². The van der Waals surface area contributed by atoms with Gasteiger partial charge in [-0.15, -0.1) is 11.3 Å². The molecule has 1 aromatic carbocycles. The van der Waals surface area contributed by atoms with Crippen molar-refractivity contribution in [2.75, 3.05) is 0 Å². The van der Waals surface area contributed by atoms with Gasteiger partial charge in [-0.05, 0) is 42.8 Å². The van der Waals surface area contributed by atoms with Gasteiger partial charge in [-0.25, -0.2) is 4.39 Å². The Labute approximate surface area is 105 Å². The molecule has 2 aromatic rings. The van der Waals surface area contributed by atoms with Crippen molar-refractivity contribution in [3.8, 4) is 0 Å². The van der Waals surface area contributed by atoms with Crippen molar-refractivity contribution >= 4 is 11.3 Å². The molecule has 0 bridgehead atoms. The highest BCUT2D eigenvalue weighted by molar-refractivity contribution is 7.09. The van der Waals surface area contributed by atoms with E-state index in [0.717, 1.165) is 18.4 Å². The fourth-order valence-corrected chi connectivity index (χ4v) is 2.57. The zero-order valence-corrected chi connectivity index (χ0v) is 10.6. The molecule has 1 nitrogen and oxygen atoms in total. The molecule has 2 N–H and O–H groups in total. The maximum absolute atomic E-state index is 13.7. The summed E-state index contributed by atoms with van der Waals surface area (Å²) in [5.41, 5.74) is 7.57. The predicted octanol–water partition coefficient (Wildman–Crippen LogP) is 3.83. The topological polar surface area (TPSA) is 26.0 Å². The first-order chi connectivity index (χ1) is 8.16. The fraction of sp³-hybridized carbons (Fsp3) is 0.286. The number of hydrogen-bond donors (Lipinski definition) is 1. The van der Waals surface area contributed by atoms with Gasteiger partial charge in [0.05, 0.1) is 0 Å². The van der Waals surface area contributed by atoms with Crippen LogP contribution in [0.25, 0.3) is 0 Å². The van der Waals surface area contributed by atoms with Crippen LogP contribution in [0.5, 0.6) is 0 Å². The third kappa shape index (κ3) is 3.14. The average molecular weight is 249 g/mol. The van der Waals surface area contributed by atoms with Crippen LogP contribution in [0, 0.1) is 12.7 Å². The summed E-state index contributed by atoms with van der Waals surface area (Å²) in [6.45, 7) is 1.88. The van der Waals surface area contributed by atoms with Crippen LogP contribution in [0.15, 0.2) is 35.7 Å². The lowest BCUT2D eigenvalue weighted by Crippen LogP contribution is -2.13. The smallest absolute Gasteiger partial charge is 0.128 e. The summed E-state index contributed by atoms with van der Waals surface area (Å²) >= 11 is 1.72. The van der Waals surface area contributed by atoms with Crippen LogP contribution in [0.2, 0.25) is 0 Å². The molecule has 1 atom stereocenters. The van der Waals surface area contributed by atoms with E-state index in [2.05, 4.69) is 6.07 Å². The number of rotatable bonds is 4. The zero-order valence-electron chi connectivity index (χ0n) is 9.82. The van der Waals surface area contributed by atoms with Gasteiger partial charge in [0, 0.05) is 16.5 Å². The van der Waals surface area contributed by atoms with Crippen molar-refractivity contribution in [1.29, 1.82) is 0 Å². The molecule has 3 heteroatoms. The van der Waals surface area contributed by atoms with E-state index in [1.165, 1.54) is 4.88 Å². The second-order valence-corrected chi connectivity index (χ2v) is 5.28. The van der Waals surface area contributed by atoms with Crippen LogP contribution in [0.3, 0.4) is 0 Å². The monoisotopic (exact) mass is 249 g/mol. The Morgan fingerprint density at radius 2 is 2.18 bits per heavy atom. The molecule has 1 unspecified atom stereocenters. The van der Waals surface area contributed by atoms with Crippen LogP contribution in [0.1, 0.15) is 28.5 Å². The third-order valence-electron chi connectivity index (χ3n) is 2.84. The minimum absolute atomic E-state index is 0.191. The molecule has 0 amide bonds. The molecule has 0 aliphatic carbocycles. The van der Waals surface area contributed by atoms with E-state index in [1.54, 1.807) is 23.5 Å². The van der Waals surface area contributed by atoms with Gasteiger partial charge in [-0.2, -0.15) is 0 Å². The highest BCUT2D eigenvalue weighted by Crippen LogP contribution is 2.22. The molecule has 0 radical (unpaired) electrons. The first kappa shape index (κ1) is 12.3. The van der Waals surface area contributed by atoms with Crippen LogP contribution < -0.4 is 5.73 Å². The van der Waals surface area contributed by atoms with Gasteiger partial charge in [0.1, 0.15) is 5.82 Å². The van der Waals surface area contributed by atoms with Crippen LogP contribution in [-0.2, 0) is 6.42 Å². The maximum atomic E-state index is 13.7. The number of thiophene rings is 1. The van der Waals surface area contributed by atoms with E-state index >= 15 is 0 Å². The Balaban J connectivity index is 2.01. The summed E-state index contributed by atoms with van der Waals surface area (Å²) in [7, 11) is 0. The number of benzene rings is 1. The lowest BCUT2D eigenvalue weighted by Gasteiger charge is -2.12. The second-order valence-electron chi connectivity index (χ2n) is 4.25. The third-order valence-corrected chi connectivity index (χ3v) is 3.77. The number of nitrogens with two attached hydrogens (primary N) is 1. The number of halogens is 1. The molecule has 0 saturated carbocycles. The molecule has 1 aromatic heterocycles. The van der Waals surface area contributed by atoms with E-state index in [0.29, 0.717) is 5.56 Å². The largest absolute Gasteiger partial charge is 0.324 e. The SMILES string of the molecule is Cc1ccc(C(N)CCc2cccs2)c(F)c1. The van der Waals surface area contributed by atoms with Crippen LogP contribution >= 0.6 is 11.3 Å². The first-order valence-electron chi connectivity index (χ1n) is 5.71. The van der Waals surface area contributed by atoms with Crippen molar-refractivity contribution in [2.45, 2.75) is 25.8 Å². The second kappa shape index (κ2) is 5.43. The molecule has 0 aliphatic heterocycles. The van der Waals surface area contributed by atoms with Crippen LogP contribution in [-0.4, -0.2) is 0 Å². The van der Waals surface area contributed by atoms with Crippen molar-refractivity contribution in [1.82, 2.24) is 0 Å². The molecular formula is C14H16FNS. The van der Waals surface area contributed by atoms with E-state index in [-0.39, 0.29) is 11.9 Å². The van der Waals surface area contributed by atoms with Crippen molar-refractivity contribution in [3.63, 3.8) is 0 Å². The van der Waals surface area contributed by atoms with Crippen molar-refractivity contribution in [3.05, 3.63) is 57.5 Å². The normalized spacial score (nSPS) is 12.6. The van der Waals surface area contributed by atoms with E-state index in [4.69, 9.17) is 5.73 Å². The summed E-state index contributed by atoms with van der Waals surface area (Å²) in [6.07, 6.45) is 1.69. The van der Waals surface area contributed by atoms with Crippen molar-refractivity contribution < 1.29 is 4.39 Å². The van der Waals surface area contributed by atoms with Crippen LogP contribution in [0.4, 0.5) is 4.39 Å². The quantitative estimate of drug-likeness (QED) is 0.875. The number of aryl methyl sites for hydroxylation is 2. The Hall–Kier alpha value is -1.19. The van der Waals surface area contributed by atoms with Crippen molar-refractivity contribution in [2.24, 2.45) is 5.73 Å². The lowest BCUT2D eigenvalue weighted by molar-refractivity contribution is 0.564. The van der Waals surface area contributed by atoms with Gasteiger partial charge in [-0.1, -0.05) is 18.2 Å². The Morgan fingerprint density at radius 1 is 1.35 bits per heavy atom. The summed E-state index contributed by atoms with van der Waals surface area (Å²) in [4.78, 5) is 1.30. The average Bonchev–Trinajstić information content (AvgIpc) is 2.78. The van der Waals surface area contributed by atoms with E-state index < -0.39 is 0 Å². The molecule has 0 aliphatic rings. The van der Waals surface area contributed by atoms with E-state index in [1.807, 2.05) is 24.4 Å². The van der Waals surface area contributed by atoms with Gasteiger partial charge in [0.15, 0.2) is 0 Å². The Morgan fingerprint density at radius 3 is 2.82 bits per heavy atom.